The van der Waals surface area contributed by atoms with Crippen LogP contribution in [0.1, 0.15) is 49.2 Å². The molecule has 3 rings (SSSR count). The van der Waals surface area contributed by atoms with Gasteiger partial charge in [0.25, 0.3) is 5.91 Å². The van der Waals surface area contributed by atoms with Crippen LogP contribution in [0, 0.1) is 0 Å². The molecule has 28 heavy (non-hydrogen) atoms. The number of carbonyl (C=O) groups is 2. The molecule has 0 spiro atoms. The number of para-hydroxylation sites is 1. The third-order valence-electron chi connectivity index (χ3n) is 5.62. The van der Waals surface area contributed by atoms with Gasteiger partial charge >= 0.3 is 0 Å². The molecular formula is C22H29N3O3. The smallest absolute Gasteiger partial charge is 0.289 e. The molecule has 1 saturated heterocycles. The first-order valence-electron chi connectivity index (χ1n) is 9.97. The first kappa shape index (κ1) is 20.1. The lowest BCUT2D eigenvalue weighted by Crippen LogP contribution is -2.54. The molecule has 2 amide bonds. The molecule has 2 aromatic rings. The topological polar surface area (TPSA) is 65.8 Å². The number of nitrogens with zero attached hydrogens (tertiary/aromatic N) is 2. The van der Waals surface area contributed by atoms with Crippen molar-refractivity contribution in [2.75, 3.05) is 31.5 Å². The van der Waals surface area contributed by atoms with Crippen molar-refractivity contribution in [1.82, 2.24) is 9.80 Å². The highest BCUT2D eigenvalue weighted by molar-refractivity contribution is 5.95. The summed E-state index contributed by atoms with van der Waals surface area (Å²) in [6.07, 6.45) is 2.53. The number of rotatable bonds is 6. The summed E-state index contributed by atoms with van der Waals surface area (Å²) < 4.78 is 5.20. The van der Waals surface area contributed by atoms with E-state index in [1.807, 2.05) is 25.1 Å². The summed E-state index contributed by atoms with van der Waals surface area (Å²) in [5.41, 5.74) is 2.06. The largest absolute Gasteiger partial charge is 0.459 e. The summed E-state index contributed by atoms with van der Waals surface area (Å²) in [6.45, 7) is 8.73. The average molecular weight is 383 g/mol. The third-order valence-corrected chi connectivity index (χ3v) is 5.62. The molecule has 1 aromatic heterocycles. The second kappa shape index (κ2) is 9.06. The number of anilines is 1. The summed E-state index contributed by atoms with van der Waals surface area (Å²) in [7, 11) is 0. The van der Waals surface area contributed by atoms with Crippen molar-refractivity contribution in [3.05, 3.63) is 54.0 Å². The van der Waals surface area contributed by atoms with Crippen molar-refractivity contribution >= 4 is 17.5 Å². The van der Waals surface area contributed by atoms with Crippen LogP contribution in [0.4, 0.5) is 5.69 Å². The number of piperazine rings is 1. The molecule has 1 aliphatic heterocycles. The first-order valence-corrected chi connectivity index (χ1v) is 9.97. The fraction of sp³-hybridized carbons (Fsp3) is 0.455. The van der Waals surface area contributed by atoms with E-state index in [0.29, 0.717) is 37.9 Å². The maximum Gasteiger partial charge on any atom is 0.289 e. The second-order valence-electron chi connectivity index (χ2n) is 7.37. The van der Waals surface area contributed by atoms with Gasteiger partial charge in [-0.1, -0.05) is 32.0 Å². The lowest BCUT2D eigenvalue weighted by molar-refractivity contribution is -0.121. The lowest BCUT2D eigenvalue weighted by atomic mass is 9.97. The molecule has 6 nitrogen and oxygen atoms in total. The molecule has 2 atom stereocenters. The minimum atomic E-state index is -0.258. The van der Waals surface area contributed by atoms with Gasteiger partial charge in [0.2, 0.25) is 5.91 Å². The van der Waals surface area contributed by atoms with Crippen molar-refractivity contribution in [3.8, 4) is 0 Å². The van der Waals surface area contributed by atoms with Crippen LogP contribution in [-0.2, 0) is 4.79 Å². The minimum Gasteiger partial charge on any atom is -0.459 e. The molecule has 0 bridgehead atoms. The highest BCUT2D eigenvalue weighted by atomic mass is 16.3. The molecule has 150 valence electrons. The van der Waals surface area contributed by atoms with E-state index >= 15 is 0 Å². The Balaban J connectivity index is 1.57. The predicted molar refractivity (Wildman–Crippen MR) is 109 cm³/mol. The number of carbonyl (C=O) groups excluding carboxylic acids is 2. The van der Waals surface area contributed by atoms with Crippen molar-refractivity contribution in [1.29, 1.82) is 0 Å². The molecule has 1 fully saturated rings. The SMILES string of the molecule is CCC(C)c1ccccc1NC(=O)C(C)N1CCN(C(=O)c2ccco2)CC1. The van der Waals surface area contributed by atoms with Crippen LogP contribution in [-0.4, -0.2) is 53.8 Å². The monoisotopic (exact) mass is 383 g/mol. The van der Waals surface area contributed by atoms with Gasteiger partial charge in [0.15, 0.2) is 5.76 Å². The Morgan fingerprint density at radius 2 is 1.79 bits per heavy atom. The van der Waals surface area contributed by atoms with Gasteiger partial charge in [-0.3, -0.25) is 14.5 Å². The summed E-state index contributed by atoms with van der Waals surface area (Å²) in [6, 6.07) is 11.1. The summed E-state index contributed by atoms with van der Waals surface area (Å²) in [5.74, 6) is 0.648. The van der Waals surface area contributed by atoms with E-state index in [1.54, 1.807) is 17.0 Å². The summed E-state index contributed by atoms with van der Waals surface area (Å²) in [5, 5.41) is 3.10. The Bertz CT molecular complexity index is 795. The van der Waals surface area contributed by atoms with Gasteiger partial charge in [0.05, 0.1) is 12.3 Å². The van der Waals surface area contributed by atoms with E-state index in [1.165, 1.54) is 11.8 Å². The minimum absolute atomic E-state index is 0.0124. The fourth-order valence-corrected chi connectivity index (χ4v) is 3.53. The molecule has 1 aliphatic rings. The fourth-order valence-electron chi connectivity index (χ4n) is 3.53. The van der Waals surface area contributed by atoms with Crippen LogP contribution in [0.3, 0.4) is 0 Å². The van der Waals surface area contributed by atoms with Gasteiger partial charge in [-0.05, 0) is 43.0 Å². The van der Waals surface area contributed by atoms with Crippen molar-refractivity contribution in [2.45, 2.75) is 39.2 Å². The molecular weight excluding hydrogens is 354 g/mol. The summed E-state index contributed by atoms with van der Waals surface area (Å²) >= 11 is 0. The highest BCUT2D eigenvalue weighted by Crippen LogP contribution is 2.26. The Labute approximate surface area is 166 Å². The van der Waals surface area contributed by atoms with E-state index in [2.05, 4.69) is 30.1 Å². The molecule has 2 heterocycles. The molecule has 0 aliphatic carbocycles. The van der Waals surface area contributed by atoms with Gasteiger partial charge in [0, 0.05) is 31.9 Å². The number of hydrogen-bond acceptors (Lipinski definition) is 4. The van der Waals surface area contributed by atoms with Gasteiger partial charge in [-0.15, -0.1) is 0 Å². The standard InChI is InChI=1S/C22H29N3O3/c1-4-16(2)18-8-5-6-9-19(18)23-21(26)17(3)24-11-13-25(14-12-24)22(27)20-10-7-15-28-20/h5-10,15-17H,4,11-14H2,1-3H3,(H,23,26). The van der Waals surface area contributed by atoms with E-state index in [0.717, 1.165) is 12.1 Å². The number of nitrogens with one attached hydrogen (secondary N) is 1. The molecule has 6 heteroatoms. The van der Waals surface area contributed by atoms with E-state index < -0.39 is 0 Å². The van der Waals surface area contributed by atoms with Crippen molar-refractivity contribution in [3.63, 3.8) is 0 Å². The van der Waals surface area contributed by atoms with E-state index in [4.69, 9.17) is 4.42 Å². The predicted octanol–water partition coefficient (Wildman–Crippen LogP) is 3.58. The lowest BCUT2D eigenvalue weighted by Gasteiger charge is -2.37. The quantitative estimate of drug-likeness (QED) is 0.828. The van der Waals surface area contributed by atoms with E-state index in [-0.39, 0.29) is 17.9 Å². The van der Waals surface area contributed by atoms with Crippen LogP contribution in [0.25, 0.3) is 0 Å². The Morgan fingerprint density at radius 3 is 2.43 bits per heavy atom. The van der Waals surface area contributed by atoms with Crippen molar-refractivity contribution < 1.29 is 14.0 Å². The Hall–Kier alpha value is -2.60. The van der Waals surface area contributed by atoms with Gasteiger partial charge in [-0.2, -0.15) is 0 Å². The molecule has 0 saturated carbocycles. The van der Waals surface area contributed by atoms with Gasteiger partial charge in [-0.25, -0.2) is 0 Å². The summed E-state index contributed by atoms with van der Waals surface area (Å²) in [4.78, 5) is 29.1. The number of hydrogen-bond donors (Lipinski definition) is 1. The van der Waals surface area contributed by atoms with Crippen molar-refractivity contribution in [2.24, 2.45) is 0 Å². The zero-order chi connectivity index (χ0) is 20.1. The zero-order valence-electron chi connectivity index (χ0n) is 16.9. The second-order valence-corrected chi connectivity index (χ2v) is 7.37. The molecule has 1 N–H and O–H groups in total. The molecule has 2 unspecified atom stereocenters. The number of amides is 2. The molecule has 1 aromatic carbocycles. The third kappa shape index (κ3) is 4.44. The maximum atomic E-state index is 12.8. The Morgan fingerprint density at radius 1 is 1.07 bits per heavy atom. The van der Waals surface area contributed by atoms with Crippen LogP contribution in [0.5, 0.6) is 0 Å². The van der Waals surface area contributed by atoms with Gasteiger partial charge < -0.3 is 14.6 Å². The van der Waals surface area contributed by atoms with Crippen LogP contribution >= 0.6 is 0 Å². The number of benzene rings is 1. The van der Waals surface area contributed by atoms with Crippen LogP contribution in [0.15, 0.2) is 47.1 Å². The first-order chi connectivity index (χ1) is 13.5. The van der Waals surface area contributed by atoms with Crippen LogP contribution in [0.2, 0.25) is 0 Å². The average Bonchev–Trinajstić information content (AvgIpc) is 3.27. The van der Waals surface area contributed by atoms with Gasteiger partial charge in [0.1, 0.15) is 0 Å². The number of furan rings is 1. The van der Waals surface area contributed by atoms with Crippen LogP contribution < -0.4 is 5.32 Å². The molecule has 0 radical (unpaired) electrons. The highest BCUT2D eigenvalue weighted by Gasteiger charge is 2.29. The zero-order valence-corrected chi connectivity index (χ0v) is 16.9. The maximum absolute atomic E-state index is 12.8. The Kier molecular flexibility index (Phi) is 6.52. The normalized spacial score (nSPS) is 17.2. The van der Waals surface area contributed by atoms with E-state index in [9.17, 15) is 9.59 Å².